The zero-order valence-corrected chi connectivity index (χ0v) is 7.81. The highest BCUT2D eigenvalue weighted by Gasteiger charge is 2.04. The smallest absolute Gasteiger partial charge is 0.162 e. The summed E-state index contributed by atoms with van der Waals surface area (Å²) in [5.74, 6) is 0.573. The predicted octanol–water partition coefficient (Wildman–Crippen LogP) is 1.71. The van der Waals surface area contributed by atoms with Gasteiger partial charge in [0.1, 0.15) is 0 Å². The molecule has 0 spiro atoms. The molecule has 0 aliphatic rings. The van der Waals surface area contributed by atoms with Gasteiger partial charge >= 0.3 is 0 Å². The normalized spacial score (nSPS) is 8.83. The first-order valence-electron chi connectivity index (χ1n) is 3.28. The number of hydrogen-bond acceptors (Lipinski definition) is 3. The summed E-state index contributed by atoms with van der Waals surface area (Å²) in [6.45, 7) is 1.77. The first kappa shape index (κ1) is 10.9. The molecule has 1 aromatic carbocycles. The minimum absolute atomic E-state index is 0. The van der Waals surface area contributed by atoms with Crippen molar-refractivity contribution in [3.8, 4) is 11.5 Å². The molecule has 0 amide bonds. The van der Waals surface area contributed by atoms with Crippen LogP contribution in [-0.2, 0) is 0 Å². The van der Waals surface area contributed by atoms with Crippen LogP contribution < -0.4 is 10.5 Å². The lowest BCUT2D eigenvalue weighted by Gasteiger charge is -2.06. The number of rotatable bonds is 1. The highest BCUT2D eigenvalue weighted by atomic mass is 35.5. The van der Waals surface area contributed by atoms with Crippen molar-refractivity contribution in [2.75, 3.05) is 12.8 Å². The molecular weight excluding hydrogens is 178 g/mol. The Morgan fingerprint density at radius 3 is 2.50 bits per heavy atom. The third-order valence-electron chi connectivity index (χ3n) is 1.51. The monoisotopic (exact) mass is 189 g/mol. The van der Waals surface area contributed by atoms with E-state index in [1.807, 2.05) is 0 Å². The number of benzene rings is 1. The van der Waals surface area contributed by atoms with Crippen LogP contribution in [0.15, 0.2) is 12.1 Å². The number of nitrogens with two attached hydrogens (primary N) is 1. The largest absolute Gasteiger partial charge is 0.504 e. The minimum atomic E-state index is 0. The molecule has 0 saturated heterocycles. The van der Waals surface area contributed by atoms with E-state index in [-0.39, 0.29) is 18.2 Å². The van der Waals surface area contributed by atoms with E-state index in [2.05, 4.69) is 0 Å². The van der Waals surface area contributed by atoms with Crippen LogP contribution in [0.3, 0.4) is 0 Å². The van der Waals surface area contributed by atoms with Crippen molar-refractivity contribution in [2.45, 2.75) is 6.92 Å². The molecule has 3 nitrogen and oxygen atoms in total. The van der Waals surface area contributed by atoms with Gasteiger partial charge < -0.3 is 15.6 Å². The summed E-state index contributed by atoms with van der Waals surface area (Å²) < 4.78 is 4.88. The number of phenols is 1. The maximum absolute atomic E-state index is 9.34. The number of halogens is 1. The topological polar surface area (TPSA) is 55.5 Å². The van der Waals surface area contributed by atoms with Crippen LogP contribution in [0.4, 0.5) is 5.69 Å². The molecule has 0 aliphatic heterocycles. The van der Waals surface area contributed by atoms with E-state index >= 15 is 0 Å². The van der Waals surface area contributed by atoms with Gasteiger partial charge in [0.15, 0.2) is 11.5 Å². The molecule has 0 saturated carbocycles. The Labute approximate surface area is 77.6 Å². The minimum Gasteiger partial charge on any atom is -0.504 e. The fourth-order valence-electron chi connectivity index (χ4n) is 0.930. The van der Waals surface area contributed by atoms with Crippen molar-refractivity contribution in [1.82, 2.24) is 0 Å². The molecule has 0 radical (unpaired) electrons. The average Bonchev–Trinajstić information content (AvgIpc) is 1.96. The van der Waals surface area contributed by atoms with E-state index in [1.165, 1.54) is 7.11 Å². The molecule has 0 unspecified atom stereocenters. The number of aromatic hydroxyl groups is 1. The number of hydrogen-bond donors (Lipinski definition) is 2. The van der Waals surface area contributed by atoms with Crippen molar-refractivity contribution in [3.05, 3.63) is 17.7 Å². The molecule has 0 heterocycles. The van der Waals surface area contributed by atoms with Gasteiger partial charge in [-0.25, -0.2) is 0 Å². The van der Waals surface area contributed by atoms with Gasteiger partial charge in [-0.2, -0.15) is 0 Å². The zero-order valence-electron chi connectivity index (χ0n) is 7.00. The van der Waals surface area contributed by atoms with Gasteiger partial charge in [-0.1, -0.05) is 0 Å². The molecule has 0 aliphatic carbocycles. The third-order valence-corrected chi connectivity index (χ3v) is 1.51. The Hall–Kier alpha value is -1.09. The van der Waals surface area contributed by atoms with E-state index in [9.17, 15) is 5.11 Å². The molecule has 0 fully saturated rings. The number of phenolic OH excluding ortho intramolecular Hbond substituents is 1. The SMILES string of the molecule is COc1cc(N)cc(C)c1O.Cl. The number of aryl methyl sites for hydroxylation is 1. The lowest BCUT2D eigenvalue weighted by Crippen LogP contribution is -1.90. The summed E-state index contributed by atoms with van der Waals surface area (Å²) in [7, 11) is 1.49. The molecule has 0 bridgehead atoms. The Morgan fingerprint density at radius 1 is 1.42 bits per heavy atom. The van der Waals surface area contributed by atoms with Gasteiger partial charge in [-0.15, -0.1) is 12.4 Å². The molecule has 12 heavy (non-hydrogen) atoms. The van der Waals surface area contributed by atoms with Crippen LogP contribution in [0.1, 0.15) is 5.56 Å². The highest BCUT2D eigenvalue weighted by molar-refractivity contribution is 5.85. The number of anilines is 1. The Balaban J connectivity index is 0.00000121. The maximum atomic E-state index is 9.34. The molecule has 4 heteroatoms. The van der Waals surface area contributed by atoms with Crippen molar-refractivity contribution >= 4 is 18.1 Å². The van der Waals surface area contributed by atoms with Gasteiger partial charge in [0.2, 0.25) is 0 Å². The highest BCUT2D eigenvalue weighted by Crippen LogP contribution is 2.31. The summed E-state index contributed by atoms with van der Waals surface area (Å²) in [6.07, 6.45) is 0. The number of ether oxygens (including phenoxy) is 1. The molecule has 1 rings (SSSR count). The van der Waals surface area contributed by atoms with Gasteiger partial charge in [0.25, 0.3) is 0 Å². The second-order valence-corrected chi connectivity index (χ2v) is 2.39. The van der Waals surface area contributed by atoms with Crippen LogP contribution >= 0.6 is 12.4 Å². The standard InChI is InChI=1S/C8H11NO2.ClH/c1-5-3-6(9)4-7(11-2)8(5)10;/h3-4,10H,9H2,1-2H3;1H. The summed E-state index contributed by atoms with van der Waals surface area (Å²) >= 11 is 0. The fraction of sp³-hybridized carbons (Fsp3) is 0.250. The van der Waals surface area contributed by atoms with Gasteiger partial charge in [-0.05, 0) is 18.6 Å². The first-order valence-corrected chi connectivity index (χ1v) is 3.28. The second kappa shape index (κ2) is 4.07. The quantitative estimate of drug-likeness (QED) is 0.523. The summed E-state index contributed by atoms with van der Waals surface area (Å²) in [5, 5.41) is 9.34. The lowest BCUT2D eigenvalue weighted by molar-refractivity contribution is 0.372. The summed E-state index contributed by atoms with van der Waals surface area (Å²) in [6, 6.07) is 3.28. The second-order valence-electron chi connectivity index (χ2n) is 2.39. The van der Waals surface area contributed by atoms with Crippen LogP contribution in [0.2, 0.25) is 0 Å². The van der Waals surface area contributed by atoms with E-state index in [1.54, 1.807) is 19.1 Å². The molecule has 68 valence electrons. The summed E-state index contributed by atoms with van der Waals surface area (Å²) in [4.78, 5) is 0. The van der Waals surface area contributed by atoms with Gasteiger partial charge in [0, 0.05) is 11.8 Å². The fourth-order valence-corrected chi connectivity index (χ4v) is 0.930. The zero-order chi connectivity index (χ0) is 8.43. The van der Waals surface area contributed by atoms with E-state index < -0.39 is 0 Å². The predicted molar refractivity (Wildman–Crippen MR) is 51.1 cm³/mol. The van der Waals surface area contributed by atoms with Crippen LogP contribution in [0.5, 0.6) is 11.5 Å². The molecule has 0 atom stereocenters. The van der Waals surface area contributed by atoms with E-state index in [0.717, 1.165) is 5.56 Å². The average molecular weight is 190 g/mol. The van der Waals surface area contributed by atoms with Crippen LogP contribution in [-0.4, -0.2) is 12.2 Å². The van der Waals surface area contributed by atoms with Crippen molar-refractivity contribution in [1.29, 1.82) is 0 Å². The van der Waals surface area contributed by atoms with Gasteiger partial charge in [-0.3, -0.25) is 0 Å². The number of nitrogen functional groups attached to an aromatic ring is 1. The Bertz CT molecular complexity index is 276. The van der Waals surface area contributed by atoms with Crippen molar-refractivity contribution in [2.24, 2.45) is 0 Å². The first-order chi connectivity index (χ1) is 5.15. The van der Waals surface area contributed by atoms with Crippen molar-refractivity contribution < 1.29 is 9.84 Å². The van der Waals surface area contributed by atoms with E-state index in [4.69, 9.17) is 10.5 Å². The van der Waals surface area contributed by atoms with Crippen molar-refractivity contribution in [3.63, 3.8) is 0 Å². The van der Waals surface area contributed by atoms with Crippen LogP contribution in [0.25, 0.3) is 0 Å². The lowest BCUT2D eigenvalue weighted by atomic mass is 10.2. The molecule has 0 aromatic heterocycles. The molecule has 3 N–H and O–H groups in total. The van der Waals surface area contributed by atoms with Crippen LogP contribution in [0, 0.1) is 6.92 Å². The third kappa shape index (κ3) is 1.95. The van der Waals surface area contributed by atoms with Gasteiger partial charge in [0.05, 0.1) is 7.11 Å². The maximum Gasteiger partial charge on any atom is 0.162 e. The Morgan fingerprint density at radius 2 is 2.00 bits per heavy atom. The summed E-state index contributed by atoms with van der Waals surface area (Å²) in [5.41, 5.74) is 6.83. The number of methoxy groups -OCH3 is 1. The molecular formula is C8H12ClNO2. The van der Waals surface area contributed by atoms with E-state index in [0.29, 0.717) is 11.4 Å². The Kier molecular flexibility index (Phi) is 3.70. The molecule has 1 aromatic rings.